The summed E-state index contributed by atoms with van der Waals surface area (Å²) in [5.74, 6) is 2.55. The molecule has 1 aliphatic rings. The fourth-order valence-corrected chi connectivity index (χ4v) is 6.36. The van der Waals surface area contributed by atoms with Crippen LogP contribution in [0.2, 0.25) is 0 Å². The third-order valence-corrected chi connectivity index (χ3v) is 7.94. The largest absolute Gasteiger partial charge is 0.497 e. The second-order valence-electron chi connectivity index (χ2n) is 8.12. The molecule has 0 saturated carbocycles. The Hall–Kier alpha value is -2.65. The second kappa shape index (κ2) is 8.71. The highest BCUT2D eigenvalue weighted by atomic mass is 32.2. The summed E-state index contributed by atoms with van der Waals surface area (Å²) < 4.78 is 7.20. The van der Waals surface area contributed by atoms with Crippen molar-refractivity contribution in [2.24, 2.45) is 5.92 Å². The van der Waals surface area contributed by atoms with E-state index >= 15 is 0 Å². The minimum Gasteiger partial charge on any atom is -0.497 e. The van der Waals surface area contributed by atoms with Gasteiger partial charge >= 0.3 is 0 Å². The van der Waals surface area contributed by atoms with Gasteiger partial charge in [-0.2, -0.15) is 0 Å². The molecule has 3 aromatic heterocycles. The first-order valence-corrected chi connectivity index (χ1v) is 12.6. The molecule has 1 N–H and O–H groups in total. The number of anilines is 1. The summed E-state index contributed by atoms with van der Waals surface area (Å²) in [4.78, 5) is 20.0. The van der Waals surface area contributed by atoms with Gasteiger partial charge in [0.25, 0.3) is 0 Å². The number of aromatic nitrogens is 4. The Kier molecular flexibility index (Phi) is 5.77. The predicted octanol–water partition coefficient (Wildman–Crippen LogP) is 4.77. The van der Waals surface area contributed by atoms with Crippen LogP contribution < -0.4 is 10.1 Å². The molecule has 3 heterocycles. The van der Waals surface area contributed by atoms with Crippen molar-refractivity contribution in [3.05, 3.63) is 40.5 Å². The van der Waals surface area contributed by atoms with Gasteiger partial charge in [-0.05, 0) is 55.0 Å². The molecule has 1 aromatic carbocycles. The van der Waals surface area contributed by atoms with Crippen LogP contribution in [0.15, 0.2) is 29.4 Å². The minimum atomic E-state index is -0.0918. The molecule has 7 nitrogen and oxygen atoms in total. The number of thiophene rings is 1. The summed E-state index contributed by atoms with van der Waals surface area (Å²) in [7, 11) is 1.62. The first-order chi connectivity index (χ1) is 15.6. The highest BCUT2D eigenvalue weighted by Gasteiger charge is 2.25. The van der Waals surface area contributed by atoms with E-state index in [9.17, 15) is 4.79 Å². The minimum absolute atomic E-state index is 0.0918. The quantitative estimate of drug-likeness (QED) is 0.412. The van der Waals surface area contributed by atoms with Gasteiger partial charge in [-0.3, -0.25) is 9.20 Å². The van der Waals surface area contributed by atoms with E-state index in [1.54, 1.807) is 7.11 Å². The van der Waals surface area contributed by atoms with Crippen molar-refractivity contribution in [1.29, 1.82) is 0 Å². The van der Waals surface area contributed by atoms with Gasteiger partial charge in [0.05, 0.1) is 18.2 Å². The molecule has 0 bridgehead atoms. The van der Waals surface area contributed by atoms with Gasteiger partial charge in [-0.25, -0.2) is 4.98 Å². The van der Waals surface area contributed by atoms with E-state index in [-0.39, 0.29) is 11.7 Å². The molecule has 0 radical (unpaired) electrons. The third-order valence-electron chi connectivity index (χ3n) is 5.86. The molecule has 4 aromatic rings. The molecule has 1 aliphatic carbocycles. The number of thioether (sulfide) groups is 1. The summed E-state index contributed by atoms with van der Waals surface area (Å²) in [6.07, 6.45) is 4.15. The Morgan fingerprint density at radius 1 is 1.31 bits per heavy atom. The topological polar surface area (TPSA) is 81.4 Å². The molecule has 0 aliphatic heterocycles. The van der Waals surface area contributed by atoms with Crippen molar-refractivity contribution in [2.45, 2.75) is 44.7 Å². The van der Waals surface area contributed by atoms with Gasteiger partial charge in [-0.15, -0.1) is 21.5 Å². The Labute approximate surface area is 194 Å². The Bertz CT molecular complexity index is 1300. The van der Waals surface area contributed by atoms with Crippen LogP contribution >= 0.6 is 23.1 Å². The molecular formula is C23H25N5O2S2. The zero-order chi connectivity index (χ0) is 22.2. The molecule has 1 atom stereocenters. The number of carbonyl (C=O) groups is 1. The monoisotopic (exact) mass is 467 g/mol. The number of ether oxygens (including phenoxy) is 1. The van der Waals surface area contributed by atoms with Gasteiger partial charge in [0, 0.05) is 17.0 Å². The smallest absolute Gasteiger partial charge is 0.234 e. The lowest BCUT2D eigenvalue weighted by molar-refractivity contribution is -0.113. The molecule has 0 spiro atoms. The van der Waals surface area contributed by atoms with Crippen molar-refractivity contribution in [2.75, 3.05) is 18.2 Å². The lowest BCUT2D eigenvalue weighted by Crippen LogP contribution is -2.14. The number of methoxy groups -OCH3 is 1. The molecule has 32 heavy (non-hydrogen) atoms. The zero-order valence-corrected chi connectivity index (χ0v) is 20.0. The number of aryl methyl sites for hydroxylation is 2. The number of fused-ring (bicyclic) bond motifs is 5. The summed E-state index contributed by atoms with van der Waals surface area (Å²) in [5.41, 5.74) is 3.00. The number of hydrogen-bond donors (Lipinski definition) is 1. The van der Waals surface area contributed by atoms with Gasteiger partial charge in [0.15, 0.2) is 10.8 Å². The molecule has 166 valence electrons. The fraction of sp³-hybridized carbons (Fsp3) is 0.391. The normalized spacial score (nSPS) is 15.8. The van der Waals surface area contributed by atoms with E-state index in [2.05, 4.69) is 29.4 Å². The van der Waals surface area contributed by atoms with Crippen LogP contribution in [0.3, 0.4) is 0 Å². The summed E-state index contributed by atoms with van der Waals surface area (Å²) in [6, 6.07) is 7.29. The van der Waals surface area contributed by atoms with E-state index in [0.29, 0.717) is 11.1 Å². The van der Waals surface area contributed by atoms with Gasteiger partial charge in [-0.1, -0.05) is 25.6 Å². The molecular weight excluding hydrogens is 442 g/mol. The number of amides is 1. The first kappa shape index (κ1) is 21.2. The van der Waals surface area contributed by atoms with Crippen LogP contribution in [0.25, 0.3) is 15.9 Å². The van der Waals surface area contributed by atoms with E-state index < -0.39 is 0 Å². The first-order valence-electron chi connectivity index (χ1n) is 10.8. The Morgan fingerprint density at radius 3 is 2.88 bits per heavy atom. The maximum absolute atomic E-state index is 12.5. The number of rotatable bonds is 6. The van der Waals surface area contributed by atoms with Crippen LogP contribution in [0.1, 0.15) is 36.5 Å². The van der Waals surface area contributed by atoms with Crippen LogP contribution in [0, 0.1) is 5.92 Å². The molecule has 0 saturated heterocycles. The van der Waals surface area contributed by atoms with Gasteiger partial charge < -0.3 is 10.1 Å². The molecule has 1 amide bonds. The lowest BCUT2D eigenvalue weighted by atomic mass is 9.89. The van der Waals surface area contributed by atoms with Gasteiger partial charge in [0.2, 0.25) is 5.91 Å². The number of nitrogens with one attached hydrogen (secondary N) is 1. The average Bonchev–Trinajstić information content (AvgIpc) is 3.38. The van der Waals surface area contributed by atoms with Crippen LogP contribution in [-0.4, -0.2) is 38.4 Å². The number of carbonyl (C=O) groups excluding carboxylic acids is 1. The third kappa shape index (κ3) is 3.84. The van der Waals surface area contributed by atoms with Crippen LogP contribution in [0.5, 0.6) is 5.75 Å². The number of nitrogens with zero attached hydrogens (tertiary/aromatic N) is 4. The lowest BCUT2D eigenvalue weighted by Gasteiger charge is -2.17. The summed E-state index contributed by atoms with van der Waals surface area (Å²) in [6.45, 7) is 4.41. The van der Waals surface area contributed by atoms with Gasteiger partial charge in [0.1, 0.15) is 16.4 Å². The highest BCUT2D eigenvalue weighted by molar-refractivity contribution is 7.99. The molecule has 0 fully saturated rings. The molecule has 1 unspecified atom stereocenters. The second-order valence-corrected chi connectivity index (χ2v) is 10.1. The van der Waals surface area contributed by atoms with Crippen molar-refractivity contribution < 1.29 is 9.53 Å². The summed E-state index contributed by atoms with van der Waals surface area (Å²) in [5, 5.41) is 13.8. The number of benzene rings is 1. The van der Waals surface area contributed by atoms with Crippen molar-refractivity contribution in [3.63, 3.8) is 0 Å². The Morgan fingerprint density at radius 2 is 2.12 bits per heavy atom. The average molecular weight is 468 g/mol. The SMILES string of the molecule is CCc1nc2sc3c(c2c2nnc(SCC(=O)Nc4ccc(OC)cc4)n12)CCC(C)C3. The maximum atomic E-state index is 12.5. The van der Waals surface area contributed by atoms with Crippen molar-refractivity contribution >= 4 is 50.6 Å². The van der Waals surface area contributed by atoms with Crippen LogP contribution in [-0.2, 0) is 24.1 Å². The van der Waals surface area contributed by atoms with Crippen LogP contribution in [0.4, 0.5) is 5.69 Å². The van der Waals surface area contributed by atoms with E-state index in [0.717, 1.165) is 52.4 Å². The maximum Gasteiger partial charge on any atom is 0.234 e. The highest BCUT2D eigenvalue weighted by Crippen LogP contribution is 2.39. The standard InChI is InChI=1S/C23H25N5O2S2/c1-4-18-25-22-20(16-10-5-13(2)11-17(16)32-22)21-26-27-23(28(18)21)31-12-19(29)24-14-6-8-15(30-3)9-7-14/h6-9,13H,4-5,10-12H2,1-3H3,(H,24,29). The summed E-state index contributed by atoms with van der Waals surface area (Å²) >= 11 is 3.19. The van der Waals surface area contributed by atoms with E-state index in [1.807, 2.05) is 40.0 Å². The molecule has 5 rings (SSSR count). The predicted molar refractivity (Wildman–Crippen MR) is 129 cm³/mol. The number of hydrogen-bond acceptors (Lipinski definition) is 7. The Balaban J connectivity index is 1.41. The fourth-order valence-electron chi connectivity index (χ4n) is 4.21. The van der Waals surface area contributed by atoms with Crippen molar-refractivity contribution in [3.8, 4) is 5.75 Å². The van der Waals surface area contributed by atoms with Crippen molar-refractivity contribution in [1.82, 2.24) is 19.6 Å². The van der Waals surface area contributed by atoms with E-state index in [4.69, 9.17) is 9.72 Å². The zero-order valence-electron chi connectivity index (χ0n) is 18.3. The van der Waals surface area contributed by atoms with E-state index in [1.165, 1.54) is 28.6 Å². The molecule has 9 heteroatoms.